The Balaban J connectivity index is 1.73. The first-order valence-electron chi connectivity index (χ1n) is 8.33. The number of piperazine rings is 1. The summed E-state index contributed by atoms with van der Waals surface area (Å²) in [7, 11) is 0. The van der Waals surface area contributed by atoms with Gasteiger partial charge in [-0.1, -0.05) is 37.3 Å². The lowest BCUT2D eigenvalue weighted by atomic mass is 9.87. The van der Waals surface area contributed by atoms with E-state index in [0.717, 1.165) is 32.2 Å². The molecule has 1 N–H and O–H groups in total. The van der Waals surface area contributed by atoms with Crippen molar-refractivity contribution in [2.24, 2.45) is 5.92 Å². The minimum Gasteiger partial charge on any atom is -0.381 e. The van der Waals surface area contributed by atoms with Gasteiger partial charge in [0.25, 0.3) is 0 Å². The fraction of sp³-hybridized carbons (Fsp3) is 0.667. The zero-order valence-electron chi connectivity index (χ0n) is 13.3. The minimum atomic E-state index is 0.0619. The molecule has 0 amide bonds. The Morgan fingerprint density at radius 2 is 2.14 bits per heavy atom. The summed E-state index contributed by atoms with van der Waals surface area (Å²) in [5.41, 5.74) is 1.46. The fourth-order valence-corrected chi connectivity index (χ4v) is 3.74. The second kappa shape index (κ2) is 6.47. The first-order chi connectivity index (χ1) is 10.2. The number of hydrogen-bond donors (Lipinski definition) is 1. The first-order valence-corrected chi connectivity index (χ1v) is 8.33. The van der Waals surface area contributed by atoms with E-state index < -0.39 is 0 Å². The molecule has 116 valence electrons. The van der Waals surface area contributed by atoms with Crippen molar-refractivity contribution in [1.29, 1.82) is 0 Å². The maximum Gasteiger partial charge on any atom is 0.0535 e. The minimum absolute atomic E-state index is 0.0619. The molecule has 0 spiro atoms. The third-order valence-electron chi connectivity index (χ3n) is 5.16. The summed E-state index contributed by atoms with van der Waals surface area (Å²) >= 11 is 0. The van der Waals surface area contributed by atoms with Gasteiger partial charge in [0.15, 0.2) is 0 Å². The largest absolute Gasteiger partial charge is 0.381 e. The molecular formula is C18H28N2O. The normalized spacial score (nSPS) is 34.2. The molecule has 0 aromatic heterocycles. The molecule has 2 aliphatic heterocycles. The number of rotatable bonds is 4. The average molecular weight is 288 g/mol. The molecule has 2 fully saturated rings. The van der Waals surface area contributed by atoms with Crippen LogP contribution < -0.4 is 5.32 Å². The maximum absolute atomic E-state index is 5.56. The fourth-order valence-electron chi connectivity index (χ4n) is 3.74. The lowest BCUT2D eigenvalue weighted by molar-refractivity contribution is 0.0648. The van der Waals surface area contributed by atoms with Crippen LogP contribution in [0.2, 0.25) is 0 Å². The predicted molar refractivity (Wildman–Crippen MR) is 86.4 cm³/mol. The monoisotopic (exact) mass is 288 g/mol. The molecule has 3 rings (SSSR count). The quantitative estimate of drug-likeness (QED) is 0.922. The van der Waals surface area contributed by atoms with Crippen molar-refractivity contribution in [2.75, 3.05) is 32.8 Å². The molecule has 1 aromatic carbocycles. The lowest BCUT2D eigenvalue weighted by Gasteiger charge is -2.47. The Labute approximate surface area is 128 Å². The zero-order chi connectivity index (χ0) is 14.7. The van der Waals surface area contributed by atoms with Crippen molar-refractivity contribution in [3.63, 3.8) is 0 Å². The predicted octanol–water partition coefficient (Wildman–Crippen LogP) is 2.62. The topological polar surface area (TPSA) is 24.5 Å². The SMILES string of the molecule is CCC1CNC(C)(c2ccccc2)CN1CC1CCOC1. The van der Waals surface area contributed by atoms with Gasteiger partial charge in [0.2, 0.25) is 0 Å². The molecule has 2 heterocycles. The lowest BCUT2D eigenvalue weighted by Crippen LogP contribution is -2.61. The molecule has 3 heteroatoms. The van der Waals surface area contributed by atoms with Crippen molar-refractivity contribution in [3.05, 3.63) is 35.9 Å². The Bertz CT molecular complexity index is 444. The summed E-state index contributed by atoms with van der Waals surface area (Å²) in [5.74, 6) is 0.720. The highest BCUT2D eigenvalue weighted by Gasteiger charge is 2.37. The number of benzene rings is 1. The summed E-state index contributed by atoms with van der Waals surface area (Å²) in [4.78, 5) is 2.70. The van der Waals surface area contributed by atoms with Gasteiger partial charge in [-0.05, 0) is 31.2 Å². The average Bonchev–Trinajstić information content (AvgIpc) is 3.01. The van der Waals surface area contributed by atoms with Gasteiger partial charge in [0.05, 0.1) is 12.1 Å². The van der Waals surface area contributed by atoms with Gasteiger partial charge in [0.1, 0.15) is 0 Å². The highest BCUT2D eigenvalue weighted by Crippen LogP contribution is 2.28. The second-order valence-electron chi connectivity index (χ2n) is 6.80. The molecule has 0 saturated carbocycles. The summed E-state index contributed by atoms with van der Waals surface area (Å²) in [5, 5.41) is 3.79. The van der Waals surface area contributed by atoms with Crippen molar-refractivity contribution in [2.45, 2.75) is 38.3 Å². The number of nitrogens with one attached hydrogen (secondary N) is 1. The van der Waals surface area contributed by atoms with E-state index >= 15 is 0 Å². The van der Waals surface area contributed by atoms with Gasteiger partial charge in [-0.2, -0.15) is 0 Å². The summed E-state index contributed by atoms with van der Waals surface area (Å²) < 4.78 is 5.56. The molecule has 0 bridgehead atoms. The van der Waals surface area contributed by atoms with Crippen LogP contribution in [0.1, 0.15) is 32.3 Å². The number of ether oxygens (including phenoxy) is 1. The first kappa shape index (κ1) is 15.0. The van der Waals surface area contributed by atoms with E-state index in [1.54, 1.807) is 0 Å². The van der Waals surface area contributed by atoms with Crippen molar-refractivity contribution in [3.8, 4) is 0 Å². The molecule has 3 unspecified atom stereocenters. The van der Waals surface area contributed by atoms with Gasteiger partial charge in [-0.25, -0.2) is 0 Å². The van der Waals surface area contributed by atoms with E-state index in [-0.39, 0.29) is 5.54 Å². The molecule has 3 atom stereocenters. The van der Waals surface area contributed by atoms with Gasteiger partial charge in [0, 0.05) is 32.3 Å². The van der Waals surface area contributed by atoms with Crippen LogP contribution in [0.4, 0.5) is 0 Å². The van der Waals surface area contributed by atoms with E-state index in [2.05, 4.69) is 54.4 Å². The van der Waals surface area contributed by atoms with E-state index in [1.807, 2.05) is 0 Å². The molecule has 1 aromatic rings. The van der Waals surface area contributed by atoms with Crippen molar-refractivity contribution < 1.29 is 4.74 Å². The number of nitrogens with zero attached hydrogens (tertiary/aromatic N) is 1. The Kier molecular flexibility index (Phi) is 4.63. The standard InChI is InChI=1S/C18H28N2O/c1-3-17-11-19-18(2,16-7-5-4-6-8-16)14-20(17)12-15-9-10-21-13-15/h4-8,15,17,19H,3,9-14H2,1-2H3. The van der Waals surface area contributed by atoms with Crippen LogP contribution in [0.25, 0.3) is 0 Å². The van der Waals surface area contributed by atoms with Crippen LogP contribution in [0.5, 0.6) is 0 Å². The van der Waals surface area contributed by atoms with Crippen molar-refractivity contribution >= 4 is 0 Å². The molecule has 3 nitrogen and oxygen atoms in total. The third-order valence-corrected chi connectivity index (χ3v) is 5.16. The summed E-state index contributed by atoms with van der Waals surface area (Å²) in [6.45, 7) is 9.89. The summed E-state index contributed by atoms with van der Waals surface area (Å²) in [6, 6.07) is 11.5. The smallest absolute Gasteiger partial charge is 0.0535 e. The van der Waals surface area contributed by atoms with Crippen LogP contribution in [0.15, 0.2) is 30.3 Å². The van der Waals surface area contributed by atoms with Gasteiger partial charge in [-0.3, -0.25) is 4.90 Å². The second-order valence-corrected chi connectivity index (χ2v) is 6.80. The zero-order valence-corrected chi connectivity index (χ0v) is 13.3. The van der Waals surface area contributed by atoms with E-state index in [4.69, 9.17) is 4.74 Å². The van der Waals surface area contributed by atoms with Crippen LogP contribution in [0.3, 0.4) is 0 Å². The third kappa shape index (κ3) is 3.31. The maximum atomic E-state index is 5.56. The van der Waals surface area contributed by atoms with Crippen LogP contribution in [-0.4, -0.2) is 43.8 Å². The summed E-state index contributed by atoms with van der Waals surface area (Å²) in [6.07, 6.45) is 2.44. The highest BCUT2D eigenvalue weighted by atomic mass is 16.5. The Morgan fingerprint density at radius 3 is 2.81 bits per heavy atom. The van der Waals surface area contributed by atoms with Crippen molar-refractivity contribution in [1.82, 2.24) is 10.2 Å². The molecular weight excluding hydrogens is 260 g/mol. The van der Waals surface area contributed by atoms with Crippen LogP contribution >= 0.6 is 0 Å². The van der Waals surface area contributed by atoms with Gasteiger partial charge >= 0.3 is 0 Å². The van der Waals surface area contributed by atoms with Gasteiger partial charge < -0.3 is 10.1 Å². The van der Waals surface area contributed by atoms with E-state index in [9.17, 15) is 0 Å². The Morgan fingerprint density at radius 1 is 1.33 bits per heavy atom. The number of hydrogen-bond acceptors (Lipinski definition) is 3. The van der Waals surface area contributed by atoms with Crippen LogP contribution in [0, 0.1) is 5.92 Å². The van der Waals surface area contributed by atoms with Crippen LogP contribution in [-0.2, 0) is 10.3 Å². The molecule has 0 radical (unpaired) electrons. The van der Waals surface area contributed by atoms with E-state index in [1.165, 1.54) is 24.9 Å². The molecule has 2 saturated heterocycles. The van der Waals surface area contributed by atoms with Gasteiger partial charge in [-0.15, -0.1) is 0 Å². The highest BCUT2D eigenvalue weighted by molar-refractivity contribution is 5.25. The molecule has 21 heavy (non-hydrogen) atoms. The molecule has 0 aliphatic carbocycles. The molecule has 2 aliphatic rings. The van der Waals surface area contributed by atoms with E-state index in [0.29, 0.717) is 6.04 Å². The Hall–Kier alpha value is -0.900.